The topological polar surface area (TPSA) is 55.9 Å². The lowest BCUT2D eigenvalue weighted by Crippen LogP contribution is -2.39. The number of likely N-dealkylation sites (tertiary alicyclic amines) is 1. The Morgan fingerprint density at radius 3 is 3.00 bits per heavy atom. The number of para-hydroxylation sites is 1. The lowest BCUT2D eigenvalue weighted by Gasteiger charge is -2.33. The molecule has 1 aliphatic carbocycles. The number of methoxy groups -OCH3 is 1. The maximum absolute atomic E-state index is 5.90. The number of aromatic nitrogens is 1. The molecule has 1 aromatic carbocycles. The molecule has 2 aromatic rings. The van der Waals surface area contributed by atoms with Crippen LogP contribution >= 0.6 is 0 Å². The van der Waals surface area contributed by atoms with Gasteiger partial charge >= 0.3 is 0 Å². The van der Waals surface area contributed by atoms with E-state index in [9.17, 15) is 0 Å². The third-order valence-electron chi connectivity index (χ3n) is 7.24. The van der Waals surface area contributed by atoms with Crippen molar-refractivity contribution >= 4 is 10.9 Å². The van der Waals surface area contributed by atoms with Crippen molar-refractivity contribution in [3.05, 3.63) is 84.4 Å². The van der Waals surface area contributed by atoms with Crippen LogP contribution in [0.15, 0.2) is 78.8 Å². The fourth-order valence-corrected chi connectivity index (χ4v) is 5.32. The number of hydrogen-bond donors (Lipinski definition) is 1. The van der Waals surface area contributed by atoms with Gasteiger partial charge in [0.25, 0.3) is 0 Å². The summed E-state index contributed by atoms with van der Waals surface area (Å²) in [6.45, 7) is 2.92. The number of nitrogens with zero attached hydrogens (tertiary/aromatic N) is 2. The molecular weight excluding hydrogens is 438 g/mol. The first-order chi connectivity index (χ1) is 17.3. The average Bonchev–Trinajstić information content (AvgIpc) is 3.17. The fraction of sp³-hybridized carbons (Fsp3) is 0.414. The number of ether oxygens (including phenoxy) is 3. The van der Waals surface area contributed by atoms with Crippen LogP contribution in [0.1, 0.15) is 44.1 Å². The molecule has 0 spiro atoms. The van der Waals surface area contributed by atoms with E-state index < -0.39 is 0 Å². The normalized spacial score (nSPS) is 21.5. The Bertz CT molecular complexity index is 1140. The molecule has 1 N–H and O–H groups in total. The van der Waals surface area contributed by atoms with Gasteiger partial charge in [-0.15, -0.1) is 0 Å². The smallest absolute Gasteiger partial charge is 0.156 e. The van der Waals surface area contributed by atoms with Crippen molar-refractivity contribution < 1.29 is 14.2 Å². The molecule has 1 saturated heterocycles. The highest BCUT2D eigenvalue weighted by molar-refractivity contribution is 5.87. The van der Waals surface area contributed by atoms with Crippen molar-refractivity contribution in [2.24, 2.45) is 0 Å². The zero-order valence-corrected chi connectivity index (χ0v) is 20.5. The lowest BCUT2D eigenvalue weighted by atomic mass is 9.96. The van der Waals surface area contributed by atoms with Crippen LogP contribution in [0.25, 0.3) is 10.9 Å². The van der Waals surface area contributed by atoms with Crippen LogP contribution in [0.2, 0.25) is 0 Å². The molecule has 0 radical (unpaired) electrons. The minimum atomic E-state index is 0.202. The number of rotatable bonds is 8. The molecule has 2 aliphatic heterocycles. The highest BCUT2D eigenvalue weighted by atomic mass is 16.5. The zero-order chi connectivity index (χ0) is 23.9. The van der Waals surface area contributed by atoms with E-state index in [2.05, 4.69) is 45.6 Å². The number of hydrogen-bond acceptors (Lipinski definition) is 6. The van der Waals surface area contributed by atoms with Gasteiger partial charge in [-0.25, -0.2) is 0 Å². The van der Waals surface area contributed by atoms with Crippen LogP contribution in [0.3, 0.4) is 0 Å². The first-order valence-electron chi connectivity index (χ1n) is 12.7. The molecule has 2 unspecified atom stereocenters. The second-order valence-electron chi connectivity index (χ2n) is 9.43. The Labute approximate surface area is 208 Å². The Kier molecular flexibility index (Phi) is 7.81. The van der Waals surface area contributed by atoms with Crippen LogP contribution in [0.4, 0.5) is 0 Å². The van der Waals surface area contributed by atoms with Crippen LogP contribution in [-0.2, 0) is 16.0 Å². The second kappa shape index (κ2) is 11.6. The first-order valence-corrected chi connectivity index (χ1v) is 12.7. The summed E-state index contributed by atoms with van der Waals surface area (Å²) in [6.07, 6.45) is 20.2. The molecule has 2 atom stereocenters. The Morgan fingerprint density at radius 1 is 1.20 bits per heavy atom. The van der Waals surface area contributed by atoms with Gasteiger partial charge in [-0.2, -0.15) is 0 Å². The summed E-state index contributed by atoms with van der Waals surface area (Å²) in [5, 5.41) is 4.98. The quantitative estimate of drug-likeness (QED) is 0.540. The monoisotopic (exact) mass is 473 g/mol. The van der Waals surface area contributed by atoms with Gasteiger partial charge in [-0.3, -0.25) is 9.88 Å². The summed E-state index contributed by atoms with van der Waals surface area (Å²) >= 11 is 0. The Balaban J connectivity index is 1.24. The van der Waals surface area contributed by atoms with Gasteiger partial charge in [-0.05, 0) is 62.8 Å². The van der Waals surface area contributed by atoms with Gasteiger partial charge < -0.3 is 19.5 Å². The Hall–Kier alpha value is -3.09. The van der Waals surface area contributed by atoms with E-state index in [4.69, 9.17) is 14.2 Å². The van der Waals surface area contributed by atoms with E-state index in [0.717, 1.165) is 80.6 Å². The SMILES string of the molecule is COc1cccc2c(CNC3CCCN(C(CC4=CC=CCC4)C4=COC=CO4)CC3)ccnc12. The maximum atomic E-state index is 5.90. The van der Waals surface area contributed by atoms with Crippen molar-refractivity contribution in [2.75, 3.05) is 20.2 Å². The zero-order valence-electron chi connectivity index (χ0n) is 20.5. The van der Waals surface area contributed by atoms with Gasteiger partial charge in [0.05, 0.1) is 13.2 Å². The number of pyridine rings is 1. The van der Waals surface area contributed by atoms with Gasteiger partial charge in [0.2, 0.25) is 0 Å². The van der Waals surface area contributed by atoms with Crippen LogP contribution < -0.4 is 10.1 Å². The van der Waals surface area contributed by atoms with Gasteiger partial charge in [0, 0.05) is 30.7 Å². The predicted octanol–water partition coefficient (Wildman–Crippen LogP) is 5.58. The van der Waals surface area contributed by atoms with E-state index in [1.807, 2.05) is 18.3 Å². The summed E-state index contributed by atoms with van der Waals surface area (Å²) in [7, 11) is 1.70. The highest BCUT2D eigenvalue weighted by Gasteiger charge is 2.29. The standard InChI is InChI=1S/C29H35N3O3/c1-33-27-11-5-10-25-23(12-14-30-29(25)27)20-31-24-9-6-15-32(16-13-24)26(28-21-34-17-18-35-28)19-22-7-3-2-4-8-22/h2-3,5,7,10-12,14,17-18,21,24,26,31H,4,6,8-9,13,15-16,19-20H2,1H3. The van der Waals surface area contributed by atoms with E-state index in [1.165, 1.54) is 11.1 Å². The molecule has 1 aromatic heterocycles. The number of nitrogens with one attached hydrogen (secondary N) is 1. The van der Waals surface area contributed by atoms with Gasteiger partial charge in [-0.1, -0.05) is 35.9 Å². The van der Waals surface area contributed by atoms with Crippen molar-refractivity contribution in [1.29, 1.82) is 0 Å². The number of benzene rings is 1. The number of fused-ring (bicyclic) bond motifs is 1. The summed E-state index contributed by atoms with van der Waals surface area (Å²) in [6, 6.07) is 8.92. The van der Waals surface area contributed by atoms with Crippen molar-refractivity contribution in [2.45, 2.75) is 57.2 Å². The average molecular weight is 474 g/mol. The van der Waals surface area contributed by atoms with E-state index in [0.29, 0.717) is 6.04 Å². The third-order valence-corrected chi connectivity index (χ3v) is 7.24. The van der Waals surface area contributed by atoms with Crippen molar-refractivity contribution in [3.8, 4) is 5.75 Å². The minimum absolute atomic E-state index is 0.202. The lowest BCUT2D eigenvalue weighted by molar-refractivity contribution is 0.145. The van der Waals surface area contributed by atoms with Gasteiger partial charge in [0.15, 0.2) is 5.76 Å². The molecule has 0 saturated carbocycles. The van der Waals surface area contributed by atoms with Crippen LogP contribution in [0.5, 0.6) is 5.75 Å². The van der Waals surface area contributed by atoms with Crippen LogP contribution in [-0.4, -0.2) is 42.2 Å². The number of allylic oxidation sites excluding steroid dienone is 3. The van der Waals surface area contributed by atoms with E-state index >= 15 is 0 Å². The molecule has 3 aliphatic rings. The summed E-state index contributed by atoms with van der Waals surface area (Å²) < 4.78 is 16.9. The first kappa shape index (κ1) is 23.6. The van der Waals surface area contributed by atoms with Crippen molar-refractivity contribution in [3.63, 3.8) is 0 Å². The fourth-order valence-electron chi connectivity index (χ4n) is 5.32. The maximum Gasteiger partial charge on any atom is 0.156 e. The second-order valence-corrected chi connectivity index (χ2v) is 9.43. The van der Waals surface area contributed by atoms with E-state index in [1.54, 1.807) is 25.9 Å². The molecule has 0 amide bonds. The van der Waals surface area contributed by atoms with Gasteiger partial charge in [0.1, 0.15) is 30.1 Å². The molecule has 6 nitrogen and oxygen atoms in total. The molecule has 3 heterocycles. The molecule has 35 heavy (non-hydrogen) atoms. The molecular formula is C29H35N3O3. The highest BCUT2D eigenvalue weighted by Crippen LogP contribution is 2.29. The molecule has 184 valence electrons. The molecule has 1 fully saturated rings. The summed E-state index contributed by atoms with van der Waals surface area (Å²) in [4.78, 5) is 7.13. The summed E-state index contributed by atoms with van der Waals surface area (Å²) in [5.41, 5.74) is 3.67. The molecule has 5 rings (SSSR count). The van der Waals surface area contributed by atoms with Crippen LogP contribution in [0, 0.1) is 0 Å². The minimum Gasteiger partial charge on any atom is -0.494 e. The third kappa shape index (κ3) is 5.77. The summed E-state index contributed by atoms with van der Waals surface area (Å²) in [5.74, 6) is 1.73. The Morgan fingerprint density at radius 2 is 2.17 bits per heavy atom. The van der Waals surface area contributed by atoms with Crippen molar-refractivity contribution in [1.82, 2.24) is 15.2 Å². The molecule has 0 bridgehead atoms. The van der Waals surface area contributed by atoms with E-state index in [-0.39, 0.29) is 6.04 Å². The molecule has 6 heteroatoms. The largest absolute Gasteiger partial charge is 0.494 e. The predicted molar refractivity (Wildman–Crippen MR) is 139 cm³/mol.